The number of hydrogen-bond donors (Lipinski definition) is 1. The van der Waals surface area contributed by atoms with Gasteiger partial charge in [0.2, 0.25) is 0 Å². The summed E-state index contributed by atoms with van der Waals surface area (Å²) in [5.74, 6) is 0.00231. The van der Waals surface area contributed by atoms with Crippen LogP contribution in [-0.4, -0.2) is 41.0 Å². The molecule has 0 spiro atoms. The van der Waals surface area contributed by atoms with Crippen LogP contribution in [0.4, 0.5) is 0 Å². The lowest BCUT2D eigenvalue weighted by Crippen LogP contribution is -2.38. The number of aromatic amines is 1. The van der Waals surface area contributed by atoms with Crippen molar-refractivity contribution >= 4 is 16.8 Å². The van der Waals surface area contributed by atoms with Crippen molar-refractivity contribution < 1.29 is 9.53 Å². The summed E-state index contributed by atoms with van der Waals surface area (Å²) in [6.07, 6.45) is 3.00. The second-order valence-corrected chi connectivity index (χ2v) is 6.78. The van der Waals surface area contributed by atoms with Crippen molar-refractivity contribution in [3.05, 3.63) is 34.9 Å². The van der Waals surface area contributed by atoms with Crippen molar-refractivity contribution in [2.24, 2.45) is 5.18 Å². The number of aromatic nitrogens is 1. The van der Waals surface area contributed by atoms with Crippen molar-refractivity contribution in [3.63, 3.8) is 0 Å². The van der Waals surface area contributed by atoms with E-state index in [1.807, 2.05) is 24.4 Å². The molecule has 0 radical (unpaired) electrons. The summed E-state index contributed by atoms with van der Waals surface area (Å²) in [4.78, 5) is 26.8. The van der Waals surface area contributed by atoms with Crippen molar-refractivity contribution in [2.75, 3.05) is 13.2 Å². The van der Waals surface area contributed by atoms with E-state index in [2.05, 4.69) is 42.8 Å². The molecular formula is C19H27N3O3. The number of carbonyl (C=O) groups excluding carboxylic acids is 1. The fraction of sp³-hybridized carbons (Fsp3) is 0.526. The van der Waals surface area contributed by atoms with Gasteiger partial charge in [0.1, 0.15) is 5.75 Å². The second kappa shape index (κ2) is 8.76. The third-order valence-electron chi connectivity index (χ3n) is 4.39. The Balaban J connectivity index is 2.06. The third-order valence-corrected chi connectivity index (χ3v) is 4.39. The molecule has 0 saturated carbocycles. The molecule has 136 valence electrons. The Morgan fingerprint density at radius 3 is 2.60 bits per heavy atom. The fourth-order valence-electron chi connectivity index (χ4n) is 3.12. The molecule has 6 nitrogen and oxygen atoms in total. The number of nitrogens with one attached hydrogen (secondary N) is 1. The molecule has 1 amide bonds. The fourth-order valence-corrected chi connectivity index (χ4v) is 3.12. The highest BCUT2D eigenvalue weighted by Gasteiger charge is 2.14. The molecule has 1 heterocycles. The lowest BCUT2D eigenvalue weighted by molar-refractivity contribution is -0.118. The number of ether oxygens (including phenoxy) is 1. The van der Waals surface area contributed by atoms with Crippen LogP contribution in [0.1, 0.15) is 39.7 Å². The standard InChI is InChI=1S/C19H27N3O3/c1-13(2)22(14(3)4)9-7-15-12-20-18-6-5-16(11-17(15)18)25-10-8-19(23)21-24/h5-6,11-14,20H,7-10H2,1-4H3. The van der Waals surface area contributed by atoms with Crippen LogP contribution in [0.3, 0.4) is 0 Å². The molecule has 1 N–H and O–H groups in total. The highest BCUT2D eigenvalue weighted by molar-refractivity contribution is 5.84. The minimum absolute atomic E-state index is 0.000726. The first kappa shape index (κ1) is 19.1. The average molecular weight is 345 g/mol. The molecule has 0 aliphatic carbocycles. The van der Waals surface area contributed by atoms with Crippen LogP contribution in [0.25, 0.3) is 10.9 Å². The summed E-state index contributed by atoms with van der Waals surface area (Å²) >= 11 is 0. The largest absolute Gasteiger partial charge is 0.493 e. The molecular weight excluding hydrogens is 318 g/mol. The quantitative estimate of drug-likeness (QED) is 0.700. The van der Waals surface area contributed by atoms with Gasteiger partial charge in [-0.1, -0.05) is 0 Å². The van der Waals surface area contributed by atoms with Crippen LogP contribution in [0.15, 0.2) is 29.6 Å². The van der Waals surface area contributed by atoms with Crippen LogP contribution in [-0.2, 0) is 11.2 Å². The monoisotopic (exact) mass is 345 g/mol. The summed E-state index contributed by atoms with van der Waals surface area (Å²) in [6.45, 7) is 10.0. The van der Waals surface area contributed by atoms with Crippen molar-refractivity contribution in [1.82, 2.24) is 9.88 Å². The van der Waals surface area contributed by atoms with Gasteiger partial charge < -0.3 is 9.72 Å². The van der Waals surface area contributed by atoms with Gasteiger partial charge in [0.25, 0.3) is 5.91 Å². The number of benzene rings is 1. The van der Waals surface area contributed by atoms with Gasteiger partial charge in [-0.3, -0.25) is 9.69 Å². The molecule has 0 bridgehead atoms. The van der Waals surface area contributed by atoms with E-state index in [9.17, 15) is 9.70 Å². The Kier molecular flexibility index (Phi) is 6.70. The summed E-state index contributed by atoms with van der Waals surface area (Å²) in [6, 6.07) is 6.82. The van der Waals surface area contributed by atoms with Crippen LogP contribution in [0.2, 0.25) is 0 Å². The molecule has 6 heteroatoms. The highest BCUT2D eigenvalue weighted by Crippen LogP contribution is 2.25. The number of nitrogens with zero attached hydrogens (tertiary/aromatic N) is 2. The molecule has 0 aliphatic rings. The molecule has 1 aromatic carbocycles. The number of carbonyl (C=O) groups is 1. The molecule has 0 unspecified atom stereocenters. The van der Waals surface area contributed by atoms with E-state index in [0.717, 1.165) is 23.9 Å². The van der Waals surface area contributed by atoms with Crippen molar-refractivity contribution in [3.8, 4) is 5.75 Å². The molecule has 0 atom stereocenters. The van der Waals surface area contributed by atoms with E-state index < -0.39 is 5.91 Å². The Hall–Kier alpha value is -2.21. The number of H-pyrrole nitrogens is 1. The van der Waals surface area contributed by atoms with Crippen LogP contribution in [0.5, 0.6) is 5.75 Å². The Morgan fingerprint density at radius 2 is 1.96 bits per heavy atom. The van der Waals surface area contributed by atoms with Gasteiger partial charge in [-0.2, -0.15) is 0 Å². The van der Waals surface area contributed by atoms with Crippen LogP contribution >= 0.6 is 0 Å². The molecule has 1 aromatic heterocycles. The Morgan fingerprint density at radius 1 is 1.24 bits per heavy atom. The van der Waals surface area contributed by atoms with Crippen molar-refractivity contribution in [1.29, 1.82) is 0 Å². The summed E-state index contributed by atoms with van der Waals surface area (Å²) in [5, 5.41) is 3.50. The predicted molar refractivity (Wildman–Crippen MR) is 99.9 cm³/mol. The zero-order chi connectivity index (χ0) is 18.4. The van der Waals surface area contributed by atoms with Gasteiger partial charge in [-0.05, 0) is 57.9 Å². The maximum atomic E-state index is 10.9. The molecule has 2 rings (SSSR count). The van der Waals surface area contributed by atoms with Gasteiger partial charge in [0.05, 0.1) is 13.0 Å². The highest BCUT2D eigenvalue weighted by atomic mass is 16.5. The van der Waals surface area contributed by atoms with Gasteiger partial charge >= 0.3 is 0 Å². The first-order valence-electron chi connectivity index (χ1n) is 8.77. The summed E-state index contributed by atoms with van der Waals surface area (Å²) in [5.41, 5.74) is 2.31. The SMILES string of the molecule is CC(C)N(CCc1c[nH]c2ccc(OCCC(=O)N=O)cc12)C(C)C. The van der Waals surface area contributed by atoms with Gasteiger partial charge in [0.15, 0.2) is 0 Å². The first-order valence-corrected chi connectivity index (χ1v) is 8.77. The molecule has 0 fully saturated rings. The normalized spacial score (nSPS) is 11.6. The van der Waals surface area contributed by atoms with E-state index in [4.69, 9.17) is 4.74 Å². The minimum atomic E-state index is -0.689. The van der Waals surface area contributed by atoms with E-state index in [1.54, 1.807) is 0 Å². The summed E-state index contributed by atoms with van der Waals surface area (Å²) < 4.78 is 5.57. The van der Waals surface area contributed by atoms with E-state index in [-0.39, 0.29) is 13.0 Å². The molecule has 2 aromatic rings. The van der Waals surface area contributed by atoms with Crippen LogP contribution in [0, 0.1) is 4.91 Å². The topological polar surface area (TPSA) is 74.8 Å². The molecule has 0 saturated heterocycles. The maximum Gasteiger partial charge on any atom is 0.289 e. The van der Waals surface area contributed by atoms with E-state index in [1.165, 1.54) is 5.56 Å². The lowest BCUT2D eigenvalue weighted by Gasteiger charge is -2.30. The zero-order valence-electron chi connectivity index (χ0n) is 15.4. The number of rotatable bonds is 9. The third kappa shape index (κ3) is 5.13. The zero-order valence-corrected chi connectivity index (χ0v) is 15.4. The maximum absolute atomic E-state index is 10.9. The Labute approximate surface area is 148 Å². The smallest absolute Gasteiger partial charge is 0.289 e. The number of hydrogen-bond acceptors (Lipinski definition) is 4. The van der Waals surface area contributed by atoms with E-state index >= 15 is 0 Å². The van der Waals surface area contributed by atoms with Gasteiger partial charge in [-0.25, -0.2) is 0 Å². The molecule has 0 aliphatic heterocycles. The minimum Gasteiger partial charge on any atom is -0.493 e. The molecule has 25 heavy (non-hydrogen) atoms. The number of fused-ring (bicyclic) bond motifs is 1. The van der Waals surface area contributed by atoms with Gasteiger partial charge in [-0.15, -0.1) is 4.91 Å². The average Bonchev–Trinajstić information content (AvgIpc) is 2.96. The number of nitroso groups, excluding NO2 is 1. The van der Waals surface area contributed by atoms with Crippen molar-refractivity contribution in [2.45, 2.75) is 52.6 Å². The Bertz CT molecular complexity index is 714. The van der Waals surface area contributed by atoms with Gasteiger partial charge in [0, 0.05) is 40.9 Å². The predicted octanol–water partition coefficient (Wildman–Crippen LogP) is 3.89. The van der Waals surface area contributed by atoms with Crippen LogP contribution < -0.4 is 4.74 Å². The lowest BCUT2D eigenvalue weighted by atomic mass is 10.1. The first-order chi connectivity index (χ1) is 11.9. The summed E-state index contributed by atoms with van der Waals surface area (Å²) in [7, 11) is 0. The second-order valence-electron chi connectivity index (χ2n) is 6.78. The number of amides is 1. The van der Waals surface area contributed by atoms with E-state index in [0.29, 0.717) is 17.8 Å².